The van der Waals surface area contributed by atoms with Crippen molar-refractivity contribution in [1.82, 2.24) is 5.32 Å². The standard InChI is InChI=1S/C18H24N2O4/c1-11(12-4-5-12)19-18(22)13-8-17(21)20(10-13)14-6-7-15(23-2)16(9-14)24-3/h6-7,9,11-13H,4-5,8,10H2,1-3H3,(H,19,22)/t11-,13-/m1/s1. The zero-order valence-corrected chi connectivity index (χ0v) is 14.4. The van der Waals surface area contributed by atoms with Crippen LogP contribution in [0, 0.1) is 11.8 Å². The summed E-state index contributed by atoms with van der Waals surface area (Å²) in [6, 6.07) is 5.54. The van der Waals surface area contributed by atoms with E-state index < -0.39 is 0 Å². The third-order valence-electron chi connectivity index (χ3n) is 4.87. The second-order valence-corrected chi connectivity index (χ2v) is 6.58. The summed E-state index contributed by atoms with van der Waals surface area (Å²) in [5.74, 6) is 1.42. The monoisotopic (exact) mass is 332 g/mol. The molecule has 0 spiro atoms. The van der Waals surface area contributed by atoms with Gasteiger partial charge in [-0.1, -0.05) is 0 Å². The van der Waals surface area contributed by atoms with Crippen LogP contribution in [0.4, 0.5) is 5.69 Å². The Balaban J connectivity index is 1.69. The van der Waals surface area contributed by atoms with Crippen LogP contribution in [0.5, 0.6) is 11.5 Å². The van der Waals surface area contributed by atoms with Crippen LogP contribution in [0.15, 0.2) is 18.2 Å². The van der Waals surface area contributed by atoms with Crippen LogP contribution in [0.1, 0.15) is 26.2 Å². The predicted octanol–water partition coefficient (Wildman–Crippen LogP) is 1.97. The number of rotatable bonds is 6. The number of ether oxygens (including phenoxy) is 2. The van der Waals surface area contributed by atoms with Gasteiger partial charge in [0.2, 0.25) is 11.8 Å². The van der Waals surface area contributed by atoms with Gasteiger partial charge in [-0.15, -0.1) is 0 Å². The first-order valence-electron chi connectivity index (χ1n) is 8.36. The van der Waals surface area contributed by atoms with E-state index in [4.69, 9.17) is 9.47 Å². The van der Waals surface area contributed by atoms with Gasteiger partial charge in [-0.2, -0.15) is 0 Å². The summed E-state index contributed by atoms with van der Waals surface area (Å²) in [5, 5.41) is 3.05. The molecule has 1 aliphatic carbocycles. The number of benzene rings is 1. The van der Waals surface area contributed by atoms with E-state index in [1.165, 1.54) is 12.8 Å². The Kier molecular flexibility index (Phi) is 4.64. The number of anilines is 1. The Labute approximate surface area is 142 Å². The average molecular weight is 332 g/mol. The summed E-state index contributed by atoms with van der Waals surface area (Å²) >= 11 is 0. The third-order valence-corrected chi connectivity index (χ3v) is 4.87. The number of hydrogen-bond acceptors (Lipinski definition) is 4. The van der Waals surface area contributed by atoms with Gasteiger partial charge in [-0.3, -0.25) is 9.59 Å². The van der Waals surface area contributed by atoms with Gasteiger partial charge in [0.05, 0.1) is 20.1 Å². The van der Waals surface area contributed by atoms with Crippen molar-refractivity contribution >= 4 is 17.5 Å². The van der Waals surface area contributed by atoms with Crippen molar-refractivity contribution < 1.29 is 19.1 Å². The largest absolute Gasteiger partial charge is 0.493 e. The maximum absolute atomic E-state index is 12.4. The molecule has 1 N–H and O–H groups in total. The van der Waals surface area contributed by atoms with Gasteiger partial charge in [0.1, 0.15) is 0 Å². The second kappa shape index (κ2) is 6.71. The SMILES string of the molecule is COc1ccc(N2C[C@H](C(=O)N[C@H](C)C3CC3)CC2=O)cc1OC. The quantitative estimate of drug-likeness (QED) is 0.865. The molecule has 24 heavy (non-hydrogen) atoms. The summed E-state index contributed by atoms with van der Waals surface area (Å²) in [5.41, 5.74) is 0.725. The second-order valence-electron chi connectivity index (χ2n) is 6.58. The van der Waals surface area contributed by atoms with Gasteiger partial charge in [0, 0.05) is 30.8 Å². The van der Waals surface area contributed by atoms with Crippen molar-refractivity contribution in [3.63, 3.8) is 0 Å². The number of hydrogen-bond donors (Lipinski definition) is 1. The molecule has 2 atom stereocenters. The van der Waals surface area contributed by atoms with E-state index in [1.54, 1.807) is 31.3 Å². The fourth-order valence-corrected chi connectivity index (χ4v) is 3.18. The third kappa shape index (κ3) is 3.32. The fraction of sp³-hybridized carbons (Fsp3) is 0.556. The molecule has 0 aromatic heterocycles. The maximum atomic E-state index is 12.4. The summed E-state index contributed by atoms with van der Waals surface area (Å²) in [4.78, 5) is 26.4. The minimum atomic E-state index is -0.299. The fourth-order valence-electron chi connectivity index (χ4n) is 3.18. The van der Waals surface area contributed by atoms with Crippen molar-refractivity contribution in [2.24, 2.45) is 11.8 Å². The van der Waals surface area contributed by atoms with E-state index in [0.29, 0.717) is 24.0 Å². The molecule has 1 aromatic rings. The van der Waals surface area contributed by atoms with E-state index in [1.807, 2.05) is 13.0 Å². The van der Waals surface area contributed by atoms with Crippen LogP contribution in [-0.4, -0.2) is 38.6 Å². The van der Waals surface area contributed by atoms with Crippen LogP contribution < -0.4 is 19.7 Å². The molecular formula is C18H24N2O4. The minimum Gasteiger partial charge on any atom is -0.493 e. The molecule has 130 valence electrons. The van der Waals surface area contributed by atoms with Crippen LogP contribution >= 0.6 is 0 Å². The predicted molar refractivity (Wildman–Crippen MR) is 90.3 cm³/mol. The highest BCUT2D eigenvalue weighted by atomic mass is 16.5. The smallest absolute Gasteiger partial charge is 0.227 e. The lowest BCUT2D eigenvalue weighted by molar-refractivity contribution is -0.127. The van der Waals surface area contributed by atoms with Crippen molar-refractivity contribution in [2.75, 3.05) is 25.7 Å². The van der Waals surface area contributed by atoms with Crippen molar-refractivity contribution in [3.8, 4) is 11.5 Å². The molecule has 6 heteroatoms. The Morgan fingerprint density at radius 2 is 1.96 bits per heavy atom. The molecule has 2 amide bonds. The Hall–Kier alpha value is -2.24. The Bertz CT molecular complexity index is 642. The summed E-state index contributed by atoms with van der Waals surface area (Å²) in [6.07, 6.45) is 2.61. The molecule has 0 bridgehead atoms. The van der Waals surface area contributed by atoms with E-state index in [9.17, 15) is 9.59 Å². The average Bonchev–Trinajstić information content (AvgIpc) is 3.36. The molecule has 1 heterocycles. The first-order chi connectivity index (χ1) is 11.5. The van der Waals surface area contributed by atoms with Gasteiger partial charge in [0.15, 0.2) is 11.5 Å². The number of nitrogens with one attached hydrogen (secondary N) is 1. The molecule has 1 saturated carbocycles. The lowest BCUT2D eigenvalue weighted by atomic mass is 10.1. The van der Waals surface area contributed by atoms with Crippen molar-refractivity contribution in [2.45, 2.75) is 32.2 Å². The van der Waals surface area contributed by atoms with Crippen LogP contribution in [0.3, 0.4) is 0 Å². The van der Waals surface area contributed by atoms with Crippen molar-refractivity contribution in [3.05, 3.63) is 18.2 Å². The highest BCUT2D eigenvalue weighted by molar-refractivity contribution is 6.00. The molecule has 0 unspecified atom stereocenters. The molecule has 1 aliphatic heterocycles. The molecular weight excluding hydrogens is 308 g/mol. The molecule has 6 nitrogen and oxygen atoms in total. The number of carbonyl (C=O) groups is 2. The number of nitrogens with zero attached hydrogens (tertiary/aromatic N) is 1. The Morgan fingerprint density at radius 3 is 2.58 bits per heavy atom. The van der Waals surface area contributed by atoms with Crippen LogP contribution in [0.2, 0.25) is 0 Å². The van der Waals surface area contributed by atoms with E-state index in [0.717, 1.165) is 5.69 Å². The lowest BCUT2D eigenvalue weighted by Crippen LogP contribution is -2.39. The van der Waals surface area contributed by atoms with E-state index >= 15 is 0 Å². The number of methoxy groups -OCH3 is 2. The van der Waals surface area contributed by atoms with E-state index in [2.05, 4.69) is 5.32 Å². The molecule has 2 fully saturated rings. The van der Waals surface area contributed by atoms with Gasteiger partial charge in [-0.05, 0) is 37.8 Å². The number of carbonyl (C=O) groups excluding carboxylic acids is 2. The summed E-state index contributed by atoms with van der Waals surface area (Å²) in [6.45, 7) is 2.44. The maximum Gasteiger partial charge on any atom is 0.227 e. The molecule has 1 aromatic carbocycles. The van der Waals surface area contributed by atoms with Crippen molar-refractivity contribution in [1.29, 1.82) is 0 Å². The molecule has 0 radical (unpaired) electrons. The first-order valence-corrected chi connectivity index (χ1v) is 8.36. The molecule has 2 aliphatic rings. The number of amides is 2. The summed E-state index contributed by atoms with van der Waals surface area (Å²) in [7, 11) is 3.13. The zero-order chi connectivity index (χ0) is 17.3. The lowest BCUT2D eigenvalue weighted by Gasteiger charge is -2.19. The topological polar surface area (TPSA) is 67.9 Å². The molecule has 3 rings (SSSR count). The van der Waals surface area contributed by atoms with Gasteiger partial charge < -0.3 is 19.7 Å². The summed E-state index contributed by atoms with van der Waals surface area (Å²) < 4.78 is 10.5. The Morgan fingerprint density at radius 1 is 1.25 bits per heavy atom. The highest BCUT2D eigenvalue weighted by Crippen LogP contribution is 2.35. The van der Waals surface area contributed by atoms with E-state index in [-0.39, 0.29) is 30.2 Å². The van der Waals surface area contributed by atoms with Gasteiger partial charge >= 0.3 is 0 Å². The van der Waals surface area contributed by atoms with Gasteiger partial charge in [0.25, 0.3) is 0 Å². The van der Waals surface area contributed by atoms with Crippen LogP contribution in [-0.2, 0) is 9.59 Å². The first kappa shape index (κ1) is 16.6. The highest BCUT2D eigenvalue weighted by Gasteiger charge is 2.37. The molecule has 1 saturated heterocycles. The minimum absolute atomic E-state index is 0.0225. The normalized spacial score (nSPS) is 21.5. The van der Waals surface area contributed by atoms with Crippen LogP contribution in [0.25, 0.3) is 0 Å². The van der Waals surface area contributed by atoms with Gasteiger partial charge in [-0.25, -0.2) is 0 Å². The zero-order valence-electron chi connectivity index (χ0n) is 14.4.